The van der Waals surface area contributed by atoms with Crippen molar-refractivity contribution < 1.29 is 0 Å². The quantitative estimate of drug-likeness (QED) is 0.579. The molecule has 1 unspecified atom stereocenters. The summed E-state index contributed by atoms with van der Waals surface area (Å²) in [5.74, 6) is 1.23. The van der Waals surface area contributed by atoms with Crippen LogP contribution >= 0.6 is 11.8 Å². The molecule has 2 heteroatoms. The Morgan fingerprint density at radius 2 is 2.36 bits per heavy atom. The van der Waals surface area contributed by atoms with Crippen molar-refractivity contribution in [3.63, 3.8) is 0 Å². The van der Waals surface area contributed by atoms with Crippen molar-refractivity contribution in [1.29, 1.82) is 0 Å². The van der Waals surface area contributed by atoms with E-state index in [0.29, 0.717) is 6.04 Å². The number of aliphatic imine (C=N–C) groups is 1. The van der Waals surface area contributed by atoms with Gasteiger partial charge in [-0.05, 0) is 6.42 Å². The molecule has 64 valence electrons. The molecule has 0 aromatic heterocycles. The van der Waals surface area contributed by atoms with E-state index in [2.05, 4.69) is 11.9 Å². The summed E-state index contributed by atoms with van der Waals surface area (Å²) in [7, 11) is 0. The molecule has 1 nitrogen and oxygen atoms in total. The molecule has 0 saturated carbocycles. The highest BCUT2D eigenvalue weighted by Gasteiger charge is 2.09. The van der Waals surface area contributed by atoms with Gasteiger partial charge in [0.25, 0.3) is 0 Å². The van der Waals surface area contributed by atoms with E-state index < -0.39 is 0 Å². The Labute approximate surface area is 73.7 Å². The van der Waals surface area contributed by atoms with E-state index in [1.165, 1.54) is 37.9 Å². The predicted octanol–water partition coefficient (Wildman–Crippen LogP) is 3.10. The second kappa shape index (κ2) is 5.64. The first-order chi connectivity index (χ1) is 5.43. The molecule has 0 aromatic rings. The van der Waals surface area contributed by atoms with Gasteiger partial charge in [0.1, 0.15) is 0 Å². The summed E-state index contributed by atoms with van der Waals surface area (Å²) in [6.07, 6.45) is 6.80. The zero-order valence-electron chi connectivity index (χ0n) is 7.25. The molecule has 0 saturated heterocycles. The highest BCUT2D eigenvalue weighted by atomic mass is 32.2. The third-order valence-electron chi connectivity index (χ3n) is 2.03. The van der Waals surface area contributed by atoms with E-state index in [1.807, 2.05) is 17.3 Å². The van der Waals surface area contributed by atoms with Gasteiger partial charge in [0.15, 0.2) is 0 Å². The van der Waals surface area contributed by atoms with E-state index in [0.717, 1.165) is 0 Å². The first kappa shape index (κ1) is 9.11. The van der Waals surface area contributed by atoms with Gasteiger partial charge in [0.05, 0.1) is 11.6 Å². The average Bonchev–Trinajstić information content (AvgIpc) is 2.50. The molecule has 11 heavy (non-hydrogen) atoms. The van der Waals surface area contributed by atoms with Gasteiger partial charge in [0, 0.05) is 5.75 Å². The Bertz CT molecular complexity index is 123. The summed E-state index contributed by atoms with van der Waals surface area (Å²) < 4.78 is 0. The molecule has 0 N–H and O–H groups in total. The fourth-order valence-corrected chi connectivity index (χ4v) is 2.11. The Morgan fingerprint density at radius 3 is 3.00 bits per heavy atom. The number of nitrogens with zero attached hydrogens (tertiary/aromatic N) is 1. The Morgan fingerprint density at radius 1 is 1.45 bits per heavy atom. The van der Waals surface area contributed by atoms with Crippen LogP contribution in [0.4, 0.5) is 0 Å². The SMILES string of the molecule is CCCCCCC1CSC=N1. The molecule has 1 atom stereocenters. The van der Waals surface area contributed by atoms with E-state index in [9.17, 15) is 0 Å². The molecule has 1 rings (SSSR count). The molecule has 1 aliphatic rings. The predicted molar refractivity (Wildman–Crippen MR) is 53.5 cm³/mol. The van der Waals surface area contributed by atoms with E-state index in [4.69, 9.17) is 0 Å². The van der Waals surface area contributed by atoms with Crippen LogP contribution in [-0.4, -0.2) is 17.3 Å². The van der Waals surface area contributed by atoms with Gasteiger partial charge in [-0.15, -0.1) is 11.8 Å². The minimum atomic E-state index is 0.650. The number of unbranched alkanes of at least 4 members (excludes halogenated alkanes) is 3. The molecule has 0 spiro atoms. The standard InChI is InChI=1S/C9H17NS/c1-2-3-4-5-6-9-7-11-8-10-9/h8-9H,2-7H2,1H3. The second-order valence-electron chi connectivity index (χ2n) is 3.09. The Hall–Kier alpha value is 0.0200. The van der Waals surface area contributed by atoms with Crippen molar-refractivity contribution in [3.05, 3.63) is 0 Å². The fraction of sp³-hybridized carbons (Fsp3) is 0.889. The molecule has 0 amide bonds. The first-order valence-electron chi connectivity index (χ1n) is 4.56. The third kappa shape index (κ3) is 3.80. The van der Waals surface area contributed by atoms with Crippen LogP contribution < -0.4 is 0 Å². The molecule has 0 aliphatic carbocycles. The van der Waals surface area contributed by atoms with Crippen molar-refractivity contribution in [3.8, 4) is 0 Å². The molecule has 1 aliphatic heterocycles. The number of rotatable bonds is 5. The highest BCUT2D eigenvalue weighted by molar-refractivity contribution is 8.12. The van der Waals surface area contributed by atoms with Crippen LogP contribution in [0.1, 0.15) is 39.0 Å². The van der Waals surface area contributed by atoms with Crippen LogP contribution in [0.15, 0.2) is 4.99 Å². The number of thioether (sulfide) groups is 1. The minimum absolute atomic E-state index is 0.650. The Balaban J connectivity index is 1.90. The van der Waals surface area contributed by atoms with Crippen LogP contribution in [0.25, 0.3) is 0 Å². The van der Waals surface area contributed by atoms with Gasteiger partial charge in [-0.25, -0.2) is 0 Å². The van der Waals surface area contributed by atoms with Crippen molar-refractivity contribution in [2.24, 2.45) is 4.99 Å². The smallest absolute Gasteiger partial charge is 0.0600 e. The molecular formula is C9H17NS. The molecule has 0 bridgehead atoms. The summed E-state index contributed by atoms with van der Waals surface area (Å²) in [6, 6.07) is 0.650. The van der Waals surface area contributed by atoms with Crippen LogP contribution in [0, 0.1) is 0 Å². The largest absolute Gasteiger partial charge is 0.282 e. The van der Waals surface area contributed by atoms with E-state index in [1.54, 1.807) is 0 Å². The van der Waals surface area contributed by atoms with Gasteiger partial charge in [0.2, 0.25) is 0 Å². The van der Waals surface area contributed by atoms with Crippen LogP contribution in [-0.2, 0) is 0 Å². The second-order valence-corrected chi connectivity index (χ2v) is 3.97. The average molecular weight is 171 g/mol. The van der Waals surface area contributed by atoms with Gasteiger partial charge >= 0.3 is 0 Å². The summed E-state index contributed by atoms with van der Waals surface area (Å²) >= 11 is 1.85. The maximum atomic E-state index is 4.37. The zero-order chi connectivity index (χ0) is 7.94. The maximum Gasteiger partial charge on any atom is 0.0600 e. The minimum Gasteiger partial charge on any atom is -0.282 e. The molecular weight excluding hydrogens is 154 g/mol. The van der Waals surface area contributed by atoms with Crippen LogP contribution in [0.5, 0.6) is 0 Å². The molecule has 0 aromatic carbocycles. The van der Waals surface area contributed by atoms with Crippen LogP contribution in [0.3, 0.4) is 0 Å². The van der Waals surface area contributed by atoms with Crippen molar-refractivity contribution in [2.75, 3.05) is 5.75 Å². The Kier molecular flexibility index (Phi) is 4.67. The third-order valence-corrected chi connectivity index (χ3v) is 2.87. The van der Waals surface area contributed by atoms with Crippen LogP contribution in [0.2, 0.25) is 0 Å². The lowest BCUT2D eigenvalue weighted by Crippen LogP contribution is -2.02. The van der Waals surface area contributed by atoms with Gasteiger partial charge in [-0.3, -0.25) is 4.99 Å². The normalized spacial score (nSPS) is 22.8. The number of hydrogen-bond donors (Lipinski definition) is 0. The molecule has 0 fully saturated rings. The summed E-state index contributed by atoms with van der Waals surface area (Å²) in [5.41, 5.74) is 2.00. The van der Waals surface area contributed by atoms with Gasteiger partial charge < -0.3 is 0 Å². The van der Waals surface area contributed by atoms with Gasteiger partial charge in [-0.1, -0.05) is 32.6 Å². The molecule has 0 radical (unpaired) electrons. The van der Waals surface area contributed by atoms with Gasteiger partial charge in [-0.2, -0.15) is 0 Å². The van der Waals surface area contributed by atoms with Crippen molar-refractivity contribution in [2.45, 2.75) is 45.1 Å². The zero-order valence-corrected chi connectivity index (χ0v) is 8.07. The van der Waals surface area contributed by atoms with E-state index in [-0.39, 0.29) is 0 Å². The lowest BCUT2D eigenvalue weighted by molar-refractivity contribution is 0.585. The first-order valence-corrected chi connectivity index (χ1v) is 5.61. The topological polar surface area (TPSA) is 12.4 Å². The summed E-state index contributed by atoms with van der Waals surface area (Å²) in [5, 5.41) is 0. The lowest BCUT2D eigenvalue weighted by atomic mass is 10.1. The van der Waals surface area contributed by atoms with E-state index >= 15 is 0 Å². The lowest BCUT2D eigenvalue weighted by Gasteiger charge is -2.04. The molecule has 1 heterocycles. The summed E-state index contributed by atoms with van der Waals surface area (Å²) in [4.78, 5) is 4.37. The monoisotopic (exact) mass is 171 g/mol. The highest BCUT2D eigenvalue weighted by Crippen LogP contribution is 2.17. The maximum absolute atomic E-state index is 4.37. The van der Waals surface area contributed by atoms with Crippen molar-refractivity contribution >= 4 is 17.3 Å². The fourth-order valence-electron chi connectivity index (χ4n) is 1.29. The number of hydrogen-bond acceptors (Lipinski definition) is 2. The summed E-state index contributed by atoms with van der Waals surface area (Å²) in [6.45, 7) is 2.25. The van der Waals surface area contributed by atoms with Crippen molar-refractivity contribution in [1.82, 2.24) is 0 Å².